The predicted octanol–water partition coefficient (Wildman–Crippen LogP) is 2.04. The van der Waals surface area contributed by atoms with Gasteiger partial charge in [0.15, 0.2) is 0 Å². The van der Waals surface area contributed by atoms with Gasteiger partial charge in [0.1, 0.15) is 17.8 Å². The van der Waals surface area contributed by atoms with E-state index in [0.717, 1.165) is 24.2 Å². The molecule has 1 aliphatic heterocycles. The molecule has 1 spiro atoms. The Kier molecular flexibility index (Phi) is 5.21. The van der Waals surface area contributed by atoms with Crippen LogP contribution in [0.3, 0.4) is 0 Å². The van der Waals surface area contributed by atoms with Gasteiger partial charge in [-0.1, -0.05) is 19.8 Å². The molecule has 1 saturated carbocycles. The molecule has 2 fully saturated rings. The SMILES string of the molecule is COc1cc([N+](=O)[O-])ccc1NC(=O)CN1C(=O)N[C@@]2(CCCC[C@@H]2C)C1=O. The number of benzene rings is 1. The highest BCUT2D eigenvalue weighted by Gasteiger charge is 2.55. The van der Waals surface area contributed by atoms with Gasteiger partial charge in [-0.05, 0) is 24.8 Å². The Bertz CT molecular complexity index is 841. The van der Waals surface area contributed by atoms with E-state index in [1.54, 1.807) is 0 Å². The molecule has 0 aromatic heterocycles. The van der Waals surface area contributed by atoms with Gasteiger partial charge in [0, 0.05) is 6.07 Å². The highest BCUT2D eigenvalue weighted by atomic mass is 16.6. The van der Waals surface area contributed by atoms with Crippen molar-refractivity contribution in [2.75, 3.05) is 19.0 Å². The van der Waals surface area contributed by atoms with Crippen LogP contribution in [0.1, 0.15) is 32.6 Å². The number of amides is 4. The van der Waals surface area contributed by atoms with Crippen LogP contribution in [-0.2, 0) is 9.59 Å². The largest absolute Gasteiger partial charge is 0.494 e. The number of nitrogens with zero attached hydrogens (tertiary/aromatic N) is 2. The monoisotopic (exact) mass is 390 g/mol. The number of urea groups is 1. The number of nitrogens with one attached hydrogen (secondary N) is 2. The molecule has 2 aliphatic rings. The molecule has 0 unspecified atom stereocenters. The number of anilines is 1. The van der Waals surface area contributed by atoms with E-state index in [1.165, 1.54) is 25.3 Å². The summed E-state index contributed by atoms with van der Waals surface area (Å²) in [5.74, 6) is -0.871. The fraction of sp³-hybridized carbons (Fsp3) is 0.500. The average Bonchev–Trinajstić information content (AvgIpc) is 2.89. The topological polar surface area (TPSA) is 131 Å². The van der Waals surface area contributed by atoms with Crippen molar-refractivity contribution in [1.82, 2.24) is 10.2 Å². The van der Waals surface area contributed by atoms with Crippen molar-refractivity contribution in [3.05, 3.63) is 28.3 Å². The molecule has 2 N–H and O–H groups in total. The van der Waals surface area contributed by atoms with Crippen LogP contribution in [0.25, 0.3) is 0 Å². The third-order valence-corrected chi connectivity index (χ3v) is 5.47. The number of carbonyl (C=O) groups is 3. The second kappa shape index (κ2) is 7.45. The lowest BCUT2D eigenvalue weighted by Gasteiger charge is -2.36. The van der Waals surface area contributed by atoms with Crippen LogP contribution in [-0.4, -0.2) is 46.9 Å². The van der Waals surface area contributed by atoms with E-state index in [4.69, 9.17) is 4.74 Å². The van der Waals surface area contributed by atoms with Gasteiger partial charge >= 0.3 is 6.03 Å². The minimum absolute atomic E-state index is 0.000489. The molecule has 1 aromatic carbocycles. The Hall–Kier alpha value is -3.17. The molecule has 1 heterocycles. The summed E-state index contributed by atoms with van der Waals surface area (Å²) in [6.07, 6.45) is 3.25. The summed E-state index contributed by atoms with van der Waals surface area (Å²) >= 11 is 0. The number of imide groups is 1. The average molecular weight is 390 g/mol. The zero-order valence-electron chi connectivity index (χ0n) is 15.7. The first kappa shape index (κ1) is 19.6. The number of carbonyl (C=O) groups excluding carboxylic acids is 3. The van der Waals surface area contributed by atoms with Gasteiger partial charge in [0.2, 0.25) is 5.91 Å². The number of hydrogen-bond acceptors (Lipinski definition) is 6. The number of hydrogen-bond donors (Lipinski definition) is 2. The second-order valence-electron chi connectivity index (χ2n) is 7.13. The number of non-ortho nitro benzene ring substituents is 1. The minimum atomic E-state index is -0.930. The van der Waals surface area contributed by atoms with Crippen LogP contribution in [0.2, 0.25) is 0 Å². The van der Waals surface area contributed by atoms with Crippen LogP contribution >= 0.6 is 0 Å². The van der Waals surface area contributed by atoms with Gasteiger partial charge in [0.05, 0.1) is 23.8 Å². The third kappa shape index (κ3) is 3.37. The van der Waals surface area contributed by atoms with Crippen molar-refractivity contribution in [2.45, 2.75) is 38.1 Å². The van der Waals surface area contributed by atoms with E-state index in [1.807, 2.05) is 6.92 Å². The van der Waals surface area contributed by atoms with Crippen LogP contribution < -0.4 is 15.4 Å². The van der Waals surface area contributed by atoms with E-state index in [2.05, 4.69) is 10.6 Å². The minimum Gasteiger partial charge on any atom is -0.494 e. The Balaban J connectivity index is 1.72. The summed E-state index contributed by atoms with van der Waals surface area (Å²) in [5.41, 5.74) is -0.899. The summed E-state index contributed by atoms with van der Waals surface area (Å²) in [6.45, 7) is 1.49. The van der Waals surface area contributed by atoms with Crippen LogP contribution in [0.4, 0.5) is 16.2 Å². The lowest BCUT2D eigenvalue weighted by atomic mass is 9.73. The van der Waals surface area contributed by atoms with E-state index >= 15 is 0 Å². The summed E-state index contributed by atoms with van der Waals surface area (Å²) in [6, 6.07) is 3.17. The third-order valence-electron chi connectivity index (χ3n) is 5.47. The molecule has 10 nitrogen and oxygen atoms in total. The van der Waals surface area contributed by atoms with Crippen molar-refractivity contribution in [3.63, 3.8) is 0 Å². The molecule has 10 heteroatoms. The number of rotatable bonds is 5. The molecular formula is C18H22N4O6. The number of ether oxygens (including phenoxy) is 1. The molecule has 0 radical (unpaired) electrons. The van der Waals surface area contributed by atoms with Crippen molar-refractivity contribution < 1.29 is 24.0 Å². The van der Waals surface area contributed by atoms with Gasteiger partial charge in [0.25, 0.3) is 11.6 Å². The fourth-order valence-corrected chi connectivity index (χ4v) is 3.87. The highest BCUT2D eigenvalue weighted by molar-refractivity contribution is 6.10. The van der Waals surface area contributed by atoms with Crippen molar-refractivity contribution in [1.29, 1.82) is 0 Å². The van der Waals surface area contributed by atoms with Crippen molar-refractivity contribution in [3.8, 4) is 5.75 Å². The quantitative estimate of drug-likeness (QED) is 0.449. The van der Waals surface area contributed by atoms with Gasteiger partial charge in [-0.15, -0.1) is 0 Å². The van der Waals surface area contributed by atoms with Crippen molar-refractivity contribution in [2.24, 2.45) is 5.92 Å². The van der Waals surface area contributed by atoms with Gasteiger partial charge in [-0.25, -0.2) is 4.79 Å². The lowest BCUT2D eigenvalue weighted by molar-refractivity contribution is -0.384. The van der Waals surface area contributed by atoms with Crippen LogP contribution in [0, 0.1) is 16.0 Å². The van der Waals surface area contributed by atoms with Crippen LogP contribution in [0.15, 0.2) is 18.2 Å². The zero-order chi connectivity index (χ0) is 20.5. The molecular weight excluding hydrogens is 368 g/mol. The second-order valence-corrected chi connectivity index (χ2v) is 7.13. The molecule has 2 atom stereocenters. The van der Waals surface area contributed by atoms with E-state index in [0.29, 0.717) is 6.42 Å². The maximum absolute atomic E-state index is 12.9. The molecule has 3 rings (SSSR count). The molecule has 1 aromatic rings. The number of nitro benzene ring substituents is 1. The van der Waals surface area contributed by atoms with Crippen molar-refractivity contribution >= 4 is 29.2 Å². The number of methoxy groups -OCH3 is 1. The molecule has 1 saturated heterocycles. The molecule has 150 valence electrons. The van der Waals surface area contributed by atoms with E-state index in [9.17, 15) is 24.5 Å². The summed E-state index contributed by atoms with van der Waals surface area (Å²) in [7, 11) is 1.32. The first-order valence-electron chi connectivity index (χ1n) is 9.05. The standard InChI is InChI=1S/C18H22N4O6/c1-11-5-3-4-8-18(11)16(24)21(17(25)20-18)10-15(23)19-13-7-6-12(22(26)27)9-14(13)28-2/h6-7,9,11H,3-5,8,10H2,1-2H3,(H,19,23)(H,20,25)/t11-,18+/m0/s1. The van der Waals surface area contributed by atoms with Gasteiger partial charge in [-0.3, -0.25) is 24.6 Å². The Morgan fingerprint density at radius 3 is 2.82 bits per heavy atom. The van der Waals surface area contributed by atoms with E-state index in [-0.39, 0.29) is 28.9 Å². The highest BCUT2D eigenvalue weighted by Crippen LogP contribution is 2.38. The van der Waals surface area contributed by atoms with Gasteiger partial charge in [-0.2, -0.15) is 0 Å². The Labute approximate surface area is 161 Å². The smallest absolute Gasteiger partial charge is 0.325 e. The normalized spacial score (nSPS) is 24.2. The van der Waals surface area contributed by atoms with Crippen LogP contribution in [0.5, 0.6) is 5.75 Å². The number of nitro groups is 1. The summed E-state index contributed by atoms with van der Waals surface area (Å²) in [5, 5.41) is 16.2. The fourth-order valence-electron chi connectivity index (χ4n) is 3.87. The molecule has 1 aliphatic carbocycles. The maximum atomic E-state index is 12.9. The summed E-state index contributed by atoms with van der Waals surface area (Å²) < 4.78 is 5.07. The predicted molar refractivity (Wildman–Crippen MR) is 98.9 cm³/mol. The molecule has 4 amide bonds. The first-order valence-corrected chi connectivity index (χ1v) is 9.05. The Morgan fingerprint density at radius 1 is 1.43 bits per heavy atom. The zero-order valence-corrected chi connectivity index (χ0v) is 15.7. The summed E-state index contributed by atoms with van der Waals surface area (Å²) in [4.78, 5) is 48.9. The van der Waals surface area contributed by atoms with Gasteiger partial charge < -0.3 is 15.4 Å². The maximum Gasteiger partial charge on any atom is 0.325 e. The van der Waals surface area contributed by atoms with E-state index < -0.39 is 28.9 Å². The molecule has 28 heavy (non-hydrogen) atoms. The lowest BCUT2D eigenvalue weighted by Crippen LogP contribution is -2.54. The molecule has 0 bridgehead atoms. The first-order chi connectivity index (χ1) is 13.3. The Morgan fingerprint density at radius 2 is 2.18 bits per heavy atom.